The molecule has 0 aliphatic rings. The minimum atomic E-state index is 0.269. The van der Waals surface area contributed by atoms with Crippen LogP contribution >= 0.6 is 11.6 Å². The Morgan fingerprint density at radius 3 is 2.80 bits per heavy atom. The molecule has 15 heavy (non-hydrogen) atoms. The number of halogens is 1. The maximum absolute atomic E-state index is 5.80. The van der Waals surface area contributed by atoms with Crippen molar-refractivity contribution in [3.8, 4) is 0 Å². The van der Waals surface area contributed by atoms with Crippen molar-refractivity contribution in [1.82, 2.24) is 4.98 Å². The lowest BCUT2D eigenvalue weighted by molar-refractivity contribution is 0.0845. The number of likely N-dealkylation sites (N-methyl/N-ethyl adjacent to an activating group) is 1. The van der Waals surface area contributed by atoms with Gasteiger partial charge in [0.25, 0.3) is 0 Å². The number of aromatic nitrogens is 1. The van der Waals surface area contributed by atoms with Gasteiger partial charge in [0.05, 0.1) is 12.7 Å². The number of rotatable bonds is 5. The maximum atomic E-state index is 5.80. The van der Waals surface area contributed by atoms with Crippen molar-refractivity contribution in [3.05, 3.63) is 23.4 Å². The van der Waals surface area contributed by atoms with Crippen molar-refractivity contribution in [1.29, 1.82) is 0 Å². The highest BCUT2D eigenvalue weighted by atomic mass is 35.5. The minimum absolute atomic E-state index is 0.269. The molecule has 84 valence electrons. The summed E-state index contributed by atoms with van der Waals surface area (Å²) in [6, 6.07) is 5.59. The van der Waals surface area contributed by atoms with E-state index in [2.05, 4.69) is 4.98 Å². The van der Waals surface area contributed by atoms with Gasteiger partial charge in [0.1, 0.15) is 11.0 Å². The zero-order valence-electron chi connectivity index (χ0n) is 9.40. The molecule has 4 heteroatoms. The zero-order valence-corrected chi connectivity index (χ0v) is 10.2. The van der Waals surface area contributed by atoms with Crippen LogP contribution in [0.1, 0.15) is 13.8 Å². The van der Waals surface area contributed by atoms with Gasteiger partial charge in [-0.1, -0.05) is 17.7 Å². The average molecular weight is 229 g/mol. The fraction of sp³-hybridized carbons (Fsp3) is 0.545. The van der Waals surface area contributed by atoms with Gasteiger partial charge in [-0.05, 0) is 26.0 Å². The third-order valence-electron chi connectivity index (χ3n) is 1.97. The molecule has 0 N–H and O–H groups in total. The molecule has 0 radical (unpaired) electrons. The molecule has 1 rings (SSSR count). The number of hydrogen-bond donors (Lipinski definition) is 0. The zero-order chi connectivity index (χ0) is 11.3. The lowest BCUT2D eigenvalue weighted by atomic mass is 10.4. The Hall–Kier alpha value is -0.800. The van der Waals surface area contributed by atoms with Gasteiger partial charge in [0, 0.05) is 13.6 Å². The molecule has 0 atom stereocenters. The molecule has 1 aromatic heterocycles. The van der Waals surface area contributed by atoms with E-state index >= 15 is 0 Å². The van der Waals surface area contributed by atoms with Crippen molar-refractivity contribution < 1.29 is 4.74 Å². The molecule has 0 spiro atoms. The Labute approximate surface area is 96.0 Å². The van der Waals surface area contributed by atoms with E-state index < -0.39 is 0 Å². The number of nitrogens with zero attached hydrogens (tertiary/aromatic N) is 2. The second-order valence-electron chi connectivity index (χ2n) is 3.66. The van der Waals surface area contributed by atoms with Crippen LogP contribution in [-0.4, -0.2) is 31.3 Å². The van der Waals surface area contributed by atoms with Gasteiger partial charge in [0.15, 0.2) is 0 Å². The summed E-state index contributed by atoms with van der Waals surface area (Å²) >= 11 is 5.80. The maximum Gasteiger partial charge on any atom is 0.131 e. The van der Waals surface area contributed by atoms with Crippen LogP contribution in [0.25, 0.3) is 0 Å². The molecule has 0 aromatic carbocycles. The molecule has 0 amide bonds. The summed E-state index contributed by atoms with van der Waals surface area (Å²) in [7, 11) is 1.97. The molecule has 1 aromatic rings. The van der Waals surface area contributed by atoms with Crippen LogP contribution in [0.5, 0.6) is 0 Å². The molecule has 1 heterocycles. The number of ether oxygens (including phenoxy) is 1. The molecule has 0 aliphatic carbocycles. The molecule has 3 nitrogen and oxygen atoms in total. The highest BCUT2D eigenvalue weighted by Crippen LogP contribution is 2.12. The predicted octanol–water partition coefficient (Wildman–Crippen LogP) is 2.60. The van der Waals surface area contributed by atoms with Gasteiger partial charge in [-0.3, -0.25) is 0 Å². The third kappa shape index (κ3) is 4.49. The summed E-state index contributed by atoms with van der Waals surface area (Å²) in [6.07, 6.45) is 0.269. The largest absolute Gasteiger partial charge is 0.377 e. The SMILES string of the molecule is CC(C)OCCN(C)c1cccc(Cl)n1. The molecule has 0 unspecified atom stereocenters. The van der Waals surface area contributed by atoms with E-state index in [-0.39, 0.29) is 6.10 Å². The Bertz CT molecular complexity index is 304. The van der Waals surface area contributed by atoms with Gasteiger partial charge in [-0.15, -0.1) is 0 Å². The highest BCUT2D eigenvalue weighted by Gasteiger charge is 2.03. The first-order valence-electron chi connectivity index (χ1n) is 5.05. The molecule has 0 bridgehead atoms. The van der Waals surface area contributed by atoms with Crippen molar-refractivity contribution in [3.63, 3.8) is 0 Å². The standard InChI is InChI=1S/C11H17ClN2O/c1-9(2)15-8-7-14(3)11-6-4-5-10(12)13-11/h4-6,9H,7-8H2,1-3H3. The first-order chi connectivity index (χ1) is 7.09. The number of hydrogen-bond acceptors (Lipinski definition) is 3. The second kappa shape index (κ2) is 5.93. The van der Waals surface area contributed by atoms with E-state index in [9.17, 15) is 0 Å². The van der Waals surface area contributed by atoms with Crippen molar-refractivity contribution >= 4 is 17.4 Å². The summed E-state index contributed by atoms with van der Waals surface area (Å²) in [5.74, 6) is 0.870. The lowest BCUT2D eigenvalue weighted by Crippen LogP contribution is -2.24. The fourth-order valence-corrected chi connectivity index (χ4v) is 1.31. The molecule has 0 saturated carbocycles. The number of anilines is 1. The Kier molecular flexibility index (Phi) is 4.85. The normalized spacial score (nSPS) is 10.7. The first-order valence-corrected chi connectivity index (χ1v) is 5.42. The van der Waals surface area contributed by atoms with E-state index in [0.29, 0.717) is 11.8 Å². The van der Waals surface area contributed by atoms with Crippen LogP contribution < -0.4 is 4.90 Å². The Morgan fingerprint density at radius 2 is 2.20 bits per heavy atom. The molecular formula is C11H17ClN2O. The Morgan fingerprint density at radius 1 is 1.47 bits per heavy atom. The van der Waals surface area contributed by atoms with E-state index in [1.54, 1.807) is 6.07 Å². The molecule has 0 aliphatic heterocycles. The smallest absolute Gasteiger partial charge is 0.131 e. The predicted molar refractivity (Wildman–Crippen MR) is 63.6 cm³/mol. The summed E-state index contributed by atoms with van der Waals surface area (Å²) in [5, 5.41) is 0.518. The van der Waals surface area contributed by atoms with Crippen LogP contribution in [0.2, 0.25) is 5.15 Å². The molecule has 0 fully saturated rings. The van der Waals surface area contributed by atoms with Crippen LogP contribution in [0, 0.1) is 0 Å². The summed E-state index contributed by atoms with van der Waals surface area (Å²) in [4.78, 5) is 6.23. The lowest BCUT2D eigenvalue weighted by Gasteiger charge is -2.18. The van der Waals surface area contributed by atoms with Gasteiger partial charge in [0.2, 0.25) is 0 Å². The van der Waals surface area contributed by atoms with Crippen LogP contribution in [0.15, 0.2) is 18.2 Å². The van der Waals surface area contributed by atoms with Gasteiger partial charge < -0.3 is 9.64 Å². The van der Waals surface area contributed by atoms with Crippen LogP contribution in [0.3, 0.4) is 0 Å². The second-order valence-corrected chi connectivity index (χ2v) is 4.05. The third-order valence-corrected chi connectivity index (χ3v) is 2.18. The molecule has 0 saturated heterocycles. The van der Waals surface area contributed by atoms with Gasteiger partial charge >= 0.3 is 0 Å². The first kappa shape index (κ1) is 12.3. The quantitative estimate of drug-likeness (QED) is 0.725. The molecular weight excluding hydrogens is 212 g/mol. The van der Waals surface area contributed by atoms with E-state index in [1.165, 1.54) is 0 Å². The summed E-state index contributed by atoms with van der Waals surface area (Å²) in [6.45, 7) is 5.56. The van der Waals surface area contributed by atoms with Crippen molar-refractivity contribution in [2.75, 3.05) is 25.1 Å². The van der Waals surface area contributed by atoms with Crippen molar-refractivity contribution in [2.45, 2.75) is 20.0 Å². The van der Waals surface area contributed by atoms with E-state index in [1.807, 2.05) is 37.9 Å². The summed E-state index contributed by atoms with van der Waals surface area (Å²) in [5.41, 5.74) is 0. The average Bonchev–Trinajstić information content (AvgIpc) is 2.17. The number of pyridine rings is 1. The van der Waals surface area contributed by atoms with E-state index in [0.717, 1.165) is 12.4 Å². The highest BCUT2D eigenvalue weighted by molar-refractivity contribution is 6.29. The Balaban J connectivity index is 2.43. The van der Waals surface area contributed by atoms with Gasteiger partial charge in [-0.25, -0.2) is 4.98 Å². The van der Waals surface area contributed by atoms with Crippen LogP contribution in [0.4, 0.5) is 5.82 Å². The fourth-order valence-electron chi connectivity index (χ4n) is 1.15. The van der Waals surface area contributed by atoms with Crippen LogP contribution in [-0.2, 0) is 4.74 Å². The van der Waals surface area contributed by atoms with E-state index in [4.69, 9.17) is 16.3 Å². The van der Waals surface area contributed by atoms with Crippen molar-refractivity contribution in [2.24, 2.45) is 0 Å². The summed E-state index contributed by atoms with van der Waals surface area (Å²) < 4.78 is 5.46. The topological polar surface area (TPSA) is 25.4 Å². The van der Waals surface area contributed by atoms with Gasteiger partial charge in [-0.2, -0.15) is 0 Å². The minimum Gasteiger partial charge on any atom is -0.377 e. The monoisotopic (exact) mass is 228 g/mol.